The third-order valence-corrected chi connectivity index (χ3v) is 4.11. The van der Waals surface area contributed by atoms with Gasteiger partial charge in [-0.05, 0) is 33.2 Å². The largest absolute Gasteiger partial charge is 0.367 e. The zero-order valence-corrected chi connectivity index (χ0v) is 10.9. The molecule has 5 nitrogen and oxygen atoms in total. The first-order valence-corrected chi connectivity index (χ1v) is 6.58. The molecule has 2 saturated heterocycles. The lowest BCUT2D eigenvalue weighted by molar-refractivity contribution is -0.0543. The second-order valence-corrected chi connectivity index (χ2v) is 5.27. The number of aromatic nitrogens is 2. The van der Waals surface area contributed by atoms with Gasteiger partial charge in [0.15, 0.2) is 0 Å². The Morgan fingerprint density at radius 1 is 1.44 bits per heavy atom. The molecular weight excluding hydrogens is 230 g/mol. The van der Waals surface area contributed by atoms with Crippen molar-refractivity contribution in [1.29, 1.82) is 0 Å². The van der Waals surface area contributed by atoms with Gasteiger partial charge in [0, 0.05) is 23.8 Å². The summed E-state index contributed by atoms with van der Waals surface area (Å²) in [6.07, 6.45) is 2.38. The summed E-state index contributed by atoms with van der Waals surface area (Å²) in [7, 11) is 0. The summed E-state index contributed by atoms with van der Waals surface area (Å²) in [6.45, 7) is 6.40. The minimum atomic E-state index is -0.0913. The summed E-state index contributed by atoms with van der Waals surface area (Å²) >= 11 is 0. The van der Waals surface area contributed by atoms with Crippen molar-refractivity contribution in [2.24, 2.45) is 0 Å². The standard InChI is InChI=1S/C13H19N3O2/c1-8-9(2)14-12(15-13(8)17)11-6-16-5-3-4-10(16)7-18-11/h10-11H,3-7H2,1-2H3,(H,14,15,17). The van der Waals surface area contributed by atoms with Gasteiger partial charge >= 0.3 is 0 Å². The Morgan fingerprint density at radius 3 is 3.06 bits per heavy atom. The van der Waals surface area contributed by atoms with Gasteiger partial charge in [0.05, 0.1) is 6.61 Å². The first kappa shape index (κ1) is 11.9. The summed E-state index contributed by atoms with van der Waals surface area (Å²) in [4.78, 5) is 21.5. The van der Waals surface area contributed by atoms with E-state index in [2.05, 4.69) is 14.9 Å². The van der Waals surface area contributed by atoms with Crippen LogP contribution in [-0.2, 0) is 4.74 Å². The van der Waals surface area contributed by atoms with E-state index in [0.29, 0.717) is 17.4 Å². The lowest BCUT2D eigenvalue weighted by atomic mass is 10.1. The molecule has 2 aliphatic rings. The molecule has 0 aromatic carbocycles. The number of hydrogen-bond donors (Lipinski definition) is 1. The van der Waals surface area contributed by atoms with E-state index in [1.165, 1.54) is 12.8 Å². The zero-order chi connectivity index (χ0) is 12.7. The molecule has 2 unspecified atom stereocenters. The van der Waals surface area contributed by atoms with E-state index in [0.717, 1.165) is 25.4 Å². The van der Waals surface area contributed by atoms with Crippen molar-refractivity contribution < 1.29 is 4.74 Å². The Morgan fingerprint density at radius 2 is 2.28 bits per heavy atom. The number of ether oxygens (including phenoxy) is 1. The van der Waals surface area contributed by atoms with E-state index in [-0.39, 0.29) is 11.7 Å². The molecule has 3 rings (SSSR count). The van der Waals surface area contributed by atoms with Gasteiger partial charge < -0.3 is 9.72 Å². The molecule has 1 aromatic rings. The third-order valence-electron chi connectivity index (χ3n) is 4.11. The molecule has 2 atom stereocenters. The van der Waals surface area contributed by atoms with E-state index in [4.69, 9.17) is 4.74 Å². The van der Waals surface area contributed by atoms with E-state index in [1.807, 2.05) is 6.92 Å². The fraction of sp³-hybridized carbons (Fsp3) is 0.692. The second-order valence-electron chi connectivity index (χ2n) is 5.27. The van der Waals surface area contributed by atoms with E-state index < -0.39 is 0 Å². The molecule has 2 fully saturated rings. The molecule has 5 heteroatoms. The smallest absolute Gasteiger partial charge is 0.254 e. The molecule has 2 aliphatic heterocycles. The highest BCUT2D eigenvalue weighted by atomic mass is 16.5. The Labute approximate surface area is 106 Å². The van der Waals surface area contributed by atoms with Gasteiger partial charge in [0.1, 0.15) is 11.9 Å². The quantitative estimate of drug-likeness (QED) is 0.804. The molecule has 98 valence electrons. The van der Waals surface area contributed by atoms with Crippen molar-refractivity contribution >= 4 is 0 Å². The van der Waals surface area contributed by atoms with Crippen LogP contribution in [0.15, 0.2) is 4.79 Å². The monoisotopic (exact) mass is 249 g/mol. The molecule has 0 spiro atoms. The number of nitrogens with one attached hydrogen (secondary N) is 1. The van der Waals surface area contributed by atoms with Crippen LogP contribution in [0.1, 0.15) is 36.0 Å². The van der Waals surface area contributed by atoms with Crippen LogP contribution < -0.4 is 5.56 Å². The van der Waals surface area contributed by atoms with E-state index in [9.17, 15) is 4.79 Å². The van der Waals surface area contributed by atoms with E-state index in [1.54, 1.807) is 6.92 Å². The Bertz CT molecular complexity index is 511. The Hall–Kier alpha value is -1.20. The number of fused-ring (bicyclic) bond motifs is 1. The number of rotatable bonds is 1. The van der Waals surface area contributed by atoms with Crippen LogP contribution in [0.2, 0.25) is 0 Å². The summed E-state index contributed by atoms with van der Waals surface area (Å²) < 4.78 is 5.85. The molecular formula is C13H19N3O2. The fourth-order valence-corrected chi connectivity index (χ4v) is 2.80. The predicted molar refractivity (Wildman–Crippen MR) is 67.6 cm³/mol. The predicted octanol–water partition coefficient (Wildman–Crippen LogP) is 0.922. The van der Waals surface area contributed by atoms with Crippen LogP contribution in [0.5, 0.6) is 0 Å². The summed E-state index contributed by atoms with van der Waals surface area (Å²) in [5.41, 5.74) is 1.43. The van der Waals surface area contributed by atoms with E-state index >= 15 is 0 Å². The van der Waals surface area contributed by atoms with Gasteiger partial charge in [-0.15, -0.1) is 0 Å². The average molecular weight is 249 g/mol. The molecule has 0 radical (unpaired) electrons. The highest BCUT2D eigenvalue weighted by Gasteiger charge is 2.33. The summed E-state index contributed by atoms with van der Waals surface area (Å²) in [6, 6.07) is 0.569. The van der Waals surface area contributed by atoms with Crippen LogP contribution >= 0.6 is 0 Å². The third kappa shape index (κ3) is 1.97. The maximum Gasteiger partial charge on any atom is 0.254 e. The first-order valence-electron chi connectivity index (χ1n) is 6.58. The molecule has 0 aliphatic carbocycles. The number of aromatic amines is 1. The minimum Gasteiger partial charge on any atom is -0.367 e. The molecule has 0 bridgehead atoms. The van der Waals surface area contributed by atoms with Crippen molar-refractivity contribution in [1.82, 2.24) is 14.9 Å². The van der Waals surface area contributed by atoms with Crippen LogP contribution in [0, 0.1) is 13.8 Å². The Kier molecular flexibility index (Phi) is 2.95. The van der Waals surface area contributed by atoms with Crippen molar-refractivity contribution in [3.8, 4) is 0 Å². The van der Waals surface area contributed by atoms with Crippen LogP contribution in [0.25, 0.3) is 0 Å². The Balaban J connectivity index is 1.85. The number of morpholine rings is 1. The van der Waals surface area contributed by atoms with Gasteiger partial charge in [0.25, 0.3) is 5.56 Å². The zero-order valence-electron chi connectivity index (χ0n) is 10.9. The van der Waals surface area contributed by atoms with Crippen molar-refractivity contribution in [2.75, 3.05) is 19.7 Å². The normalized spacial score (nSPS) is 28.3. The van der Waals surface area contributed by atoms with Crippen molar-refractivity contribution in [3.05, 3.63) is 27.4 Å². The highest BCUT2D eigenvalue weighted by molar-refractivity contribution is 5.15. The minimum absolute atomic E-state index is 0.0513. The van der Waals surface area contributed by atoms with Crippen LogP contribution in [0.3, 0.4) is 0 Å². The molecule has 1 aromatic heterocycles. The fourth-order valence-electron chi connectivity index (χ4n) is 2.80. The van der Waals surface area contributed by atoms with Gasteiger partial charge in [-0.2, -0.15) is 0 Å². The summed E-state index contributed by atoms with van der Waals surface area (Å²) in [5.74, 6) is 0.674. The van der Waals surface area contributed by atoms with Crippen molar-refractivity contribution in [3.63, 3.8) is 0 Å². The maximum atomic E-state index is 11.8. The average Bonchev–Trinajstić information content (AvgIpc) is 2.82. The maximum absolute atomic E-state index is 11.8. The second kappa shape index (κ2) is 4.48. The van der Waals surface area contributed by atoms with Crippen LogP contribution in [-0.4, -0.2) is 40.6 Å². The highest BCUT2D eigenvalue weighted by Crippen LogP contribution is 2.28. The molecule has 0 saturated carbocycles. The lowest BCUT2D eigenvalue weighted by Crippen LogP contribution is -2.43. The first-order chi connectivity index (χ1) is 8.65. The van der Waals surface area contributed by atoms with Gasteiger partial charge in [-0.3, -0.25) is 9.69 Å². The number of nitrogens with zero attached hydrogens (tertiary/aromatic N) is 2. The molecule has 1 N–H and O–H groups in total. The summed E-state index contributed by atoms with van der Waals surface area (Å²) in [5, 5.41) is 0. The lowest BCUT2D eigenvalue weighted by Gasteiger charge is -2.34. The number of H-pyrrole nitrogens is 1. The van der Waals surface area contributed by atoms with Gasteiger partial charge in [-0.1, -0.05) is 0 Å². The van der Waals surface area contributed by atoms with Crippen LogP contribution in [0.4, 0.5) is 0 Å². The SMILES string of the molecule is Cc1nc(C2CN3CCCC3CO2)[nH]c(=O)c1C. The molecule has 0 amide bonds. The van der Waals surface area contributed by atoms with Gasteiger partial charge in [0.2, 0.25) is 0 Å². The number of aryl methyl sites for hydroxylation is 1. The topological polar surface area (TPSA) is 58.2 Å². The molecule has 3 heterocycles. The van der Waals surface area contributed by atoms with Gasteiger partial charge in [-0.25, -0.2) is 4.98 Å². The van der Waals surface area contributed by atoms with Crippen molar-refractivity contribution in [2.45, 2.75) is 38.8 Å². The molecule has 18 heavy (non-hydrogen) atoms. The number of hydrogen-bond acceptors (Lipinski definition) is 4.